The van der Waals surface area contributed by atoms with Crippen molar-refractivity contribution >= 4 is 40.9 Å². The number of nitrogens with one attached hydrogen (secondary N) is 1. The number of rotatable bonds is 4. The highest BCUT2D eigenvalue weighted by atomic mass is 35.5. The summed E-state index contributed by atoms with van der Waals surface area (Å²) in [6.45, 7) is 5.77. The summed E-state index contributed by atoms with van der Waals surface area (Å²) in [6.07, 6.45) is 1.61. The number of carbonyl (C=O) groups excluding carboxylic acids is 1. The van der Waals surface area contributed by atoms with Crippen LogP contribution in [0.2, 0.25) is 10.0 Å². The lowest BCUT2D eigenvalue weighted by Crippen LogP contribution is -2.14. The maximum Gasteiger partial charge on any atom is 0.266 e. The summed E-state index contributed by atoms with van der Waals surface area (Å²) < 4.78 is 2.05. The van der Waals surface area contributed by atoms with Crippen LogP contribution in [0.3, 0.4) is 0 Å². The van der Waals surface area contributed by atoms with E-state index in [0.717, 1.165) is 28.2 Å². The second kappa shape index (κ2) is 8.57. The molecular formula is C23H19Cl2N3O. The van der Waals surface area contributed by atoms with Crippen LogP contribution in [0, 0.1) is 32.1 Å². The van der Waals surface area contributed by atoms with Gasteiger partial charge < -0.3 is 9.88 Å². The van der Waals surface area contributed by atoms with Gasteiger partial charge in [0.2, 0.25) is 0 Å². The normalized spacial score (nSPS) is 11.2. The molecule has 3 aromatic rings. The largest absolute Gasteiger partial charge is 0.321 e. The van der Waals surface area contributed by atoms with Crippen molar-refractivity contribution in [1.82, 2.24) is 4.57 Å². The number of carbonyl (C=O) groups is 1. The molecule has 2 aromatic carbocycles. The molecule has 1 heterocycles. The number of hydrogen-bond acceptors (Lipinski definition) is 2. The maximum atomic E-state index is 12.6. The van der Waals surface area contributed by atoms with E-state index in [1.54, 1.807) is 24.3 Å². The zero-order valence-corrected chi connectivity index (χ0v) is 17.8. The fourth-order valence-electron chi connectivity index (χ4n) is 3.18. The molecule has 6 heteroatoms. The molecule has 3 rings (SSSR count). The van der Waals surface area contributed by atoms with Crippen molar-refractivity contribution in [1.29, 1.82) is 5.26 Å². The van der Waals surface area contributed by atoms with Gasteiger partial charge in [-0.15, -0.1) is 0 Å². The fourth-order valence-corrected chi connectivity index (χ4v) is 3.53. The number of amides is 1. The Morgan fingerprint density at radius 3 is 2.31 bits per heavy atom. The van der Waals surface area contributed by atoms with E-state index in [0.29, 0.717) is 15.7 Å². The van der Waals surface area contributed by atoms with E-state index >= 15 is 0 Å². The third-order valence-electron chi connectivity index (χ3n) is 4.66. The monoisotopic (exact) mass is 423 g/mol. The van der Waals surface area contributed by atoms with Gasteiger partial charge in [0.1, 0.15) is 11.6 Å². The molecule has 0 atom stereocenters. The van der Waals surface area contributed by atoms with E-state index in [1.165, 1.54) is 0 Å². The van der Waals surface area contributed by atoms with Crippen LogP contribution in [-0.4, -0.2) is 10.5 Å². The van der Waals surface area contributed by atoms with Crippen molar-refractivity contribution in [3.63, 3.8) is 0 Å². The van der Waals surface area contributed by atoms with Crippen molar-refractivity contribution in [2.75, 3.05) is 5.32 Å². The van der Waals surface area contributed by atoms with Gasteiger partial charge in [-0.2, -0.15) is 5.26 Å². The molecule has 0 aliphatic carbocycles. The van der Waals surface area contributed by atoms with E-state index in [1.807, 2.05) is 57.2 Å². The summed E-state index contributed by atoms with van der Waals surface area (Å²) >= 11 is 11.9. The van der Waals surface area contributed by atoms with Gasteiger partial charge in [0, 0.05) is 32.8 Å². The summed E-state index contributed by atoms with van der Waals surface area (Å²) in [7, 11) is 0. The summed E-state index contributed by atoms with van der Waals surface area (Å²) in [6, 6.07) is 16.6. The quantitative estimate of drug-likeness (QED) is 0.397. The van der Waals surface area contributed by atoms with Gasteiger partial charge in [-0.05, 0) is 86.5 Å². The van der Waals surface area contributed by atoms with Crippen LogP contribution in [0.25, 0.3) is 11.8 Å². The van der Waals surface area contributed by atoms with Crippen molar-refractivity contribution in [3.05, 3.63) is 86.7 Å². The first-order valence-corrected chi connectivity index (χ1v) is 9.70. The van der Waals surface area contributed by atoms with Crippen molar-refractivity contribution in [2.45, 2.75) is 20.8 Å². The smallest absolute Gasteiger partial charge is 0.266 e. The highest BCUT2D eigenvalue weighted by Crippen LogP contribution is 2.25. The highest BCUT2D eigenvalue weighted by molar-refractivity contribution is 6.31. The predicted molar refractivity (Wildman–Crippen MR) is 119 cm³/mol. The molecule has 0 bridgehead atoms. The van der Waals surface area contributed by atoms with Crippen molar-refractivity contribution < 1.29 is 4.79 Å². The number of aromatic nitrogens is 1. The highest BCUT2D eigenvalue weighted by Gasteiger charge is 2.15. The van der Waals surface area contributed by atoms with E-state index in [4.69, 9.17) is 23.2 Å². The second-order valence-electron chi connectivity index (χ2n) is 6.72. The van der Waals surface area contributed by atoms with Crippen LogP contribution in [-0.2, 0) is 4.79 Å². The summed E-state index contributed by atoms with van der Waals surface area (Å²) in [4.78, 5) is 12.6. The predicted octanol–water partition coefficient (Wildman–Crippen LogP) is 6.26. The first kappa shape index (κ1) is 20.7. The number of nitriles is 1. The lowest BCUT2D eigenvalue weighted by atomic mass is 10.1. The zero-order chi connectivity index (χ0) is 21.1. The van der Waals surface area contributed by atoms with Gasteiger partial charge in [0.15, 0.2) is 0 Å². The number of anilines is 1. The van der Waals surface area contributed by atoms with Gasteiger partial charge in [0.05, 0.1) is 0 Å². The SMILES string of the molecule is Cc1cc(Cl)ccc1NC(=O)/C(C#N)=C/c1cc(C)n(-c2ccc(Cl)cc2)c1C. The number of hydrogen-bond donors (Lipinski definition) is 1. The van der Waals surface area contributed by atoms with E-state index in [-0.39, 0.29) is 5.57 Å². The first-order valence-electron chi connectivity index (χ1n) is 8.94. The number of nitrogens with zero attached hydrogens (tertiary/aromatic N) is 2. The Morgan fingerprint density at radius 2 is 1.69 bits per heavy atom. The van der Waals surface area contributed by atoms with E-state index < -0.39 is 5.91 Å². The molecule has 146 valence electrons. The van der Waals surface area contributed by atoms with Gasteiger partial charge >= 0.3 is 0 Å². The maximum absolute atomic E-state index is 12.6. The third kappa shape index (κ3) is 4.54. The molecule has 4 nitrogen and oxygen atoms in total. The van der Waals surface area contributed by atoms with Gasteiger partial charge in [-0.1, -0.05) is 23.2 Å². The standard InChI is InChI=1S/C23H19Cl2N3O/c1-14-10-20(25)6-9-22(14)27-23(29)18(13-26)12-17-11-15(2)28(16(17)3)21-7-4-19(24)5-8-21/h4-12H,1-3H3,(H,27,29)/b18-12+. The molecule has 29 heavy (non-hydrogen) atoms. The Kier molecular flexibility index (Phi) is 6.12. The fraction of sp³-hybridized carbons (Fsp3) is 0.130. The van der Waals surface area contributed by atoms with Crippen LogP contribution in [0.15, 0.2) is 54.1 Å². The lowest BCUT2D eigenvalue weighted by Gasteiger charge is -2.10. The molecule has 0 saturated heterocycles. The number of benzene rings is 2. The second-order valence-corrected chi connectivity index (χ2v) is 7.59. The Balaban J connectivity index is 1.93. The molecule has 0 unspecified atom stereocenters. The molecule has 0 aliphatic heterocycles. The Morgan fingerprint density at radius 1 is 1.03 bits per heavy atom. The van der Waals surface area contributed by atoms with Crippen LogP contribution in [0.5, 0.6) is 0 Å². The van der Waals surface area contributed by atoms with E-state index in [2.05, 4.69) is 9.88 Å². The van der Waals surface area contributed by atoms with Gasteiger partial charge in [-0.3, -0.25) is 4.79 Å². The number of aryl methyl sites for hydroxylation is 2. The Hall–Kier alpha value is -3.00. The van der Waals surface area contributed by atoms with Gasteiger partial charge in [0.25, 0.3) is 5.91 Å². The van der Waals surface area contributed by atoms with E-state index in [9.17, 15) is 10.1 Å². The third-order valence-corrected chi connectivity index (χ3v) is 5.14. The molecule has 1 aromatic heterocycles. The summed E-state index contributed by atoms with van der Waals surface area (Å²) in [5, 5.41) is 13.6. The van der Waals surface area contributed by atoms with Crippen LogP contribution in [0.1, 0.15) is 22.5 Å². The van der Waals surface area contributed by atoms with Crippen LogP contribution in [0.4, 0.5) is 5.69 Å². The minimum Gasteiger partial charge on any atom is -0.321 e. The molecular weight excluding hydrogens is 405 g/mol. The zero-order valence-electron chi connectivity index (χ0n) is 16.3. The minimum absolute atomic E-state index is 0.0238. The first-order chi connectivity index (χ1) is 13.8. The lowest BCUT2D eigenvalue weighted by molar-refractivity contribution is -0.112. The average Bonchev–Trinajstić information content (AvgIpc) is 2.96. The van der Waals surface area contributed by atoms with Gasteiger partial charge in [-0.25, -0.2) is 0 Å². The summed E-state index contributed by atoms with van der Waals surface area (Å²) in [5.41, 5.74) is 5.14. The van der Waals surface area contributed by atoms with Crippen molar-refractivity contribution in [3.8, 4) is 11.8 Å². The topological polar surface area (TPSA) is 57.8 Å². The number of halogens is 2. The molecule has 1 N–H and O–H groups in total. The van der Waals surface area contributed by atoms with Crippen LogP contribution < -0.4 is 5.32 Å². The van der Waals surface area contributed by atoms with Crippen LogP contribution >= 0.6 is 23.2 Å². The average molecular weight is 424 g/mol. The molecule has 1 amide bonds. The molecule has 0 aliphatic rings. The molecule has 0 radical (unpaired) electrons. The Labute approximate surface area is 180 Å². The minimum atomic E-state index is -0.464. The summed E-state index contributed by atoms with van der Waals surface area (Å²) in [5.74, 6) is -0.464. The molecule has 0 spiro atoms. The van der Waals surface area contributed by atoms with Crippen molar-refractivity contribution in [2.24, 2.45) is 0 Å². The molecule has 0 saturated carbocycles. The molecule has 0 fully saturated rings. The Bertz CT molecular complexity index is 1150.